The van der Waals surface area contributed by atoms with Gasteiger partial charge in [-0.2, -0.15) is 0 Å². The second-order valence-corrected chi connectivity index (χ2v) is 39.1. The zero-order valence-electron chi connectivity index (χ0n) is 24.3. The van der Waals surface area contributed by atoms with Crippen LogP contribution in [-0.2, 0) is 24.7 Å². The van der Waals surface area contributed by atoms with Gasteiger partial charge in [0.15, 0.2) is 8.32 Å². The van der Waals surface area contributed by atoms with Crippen molar-refractivity contribution >= 4 is 59.4 Å². The Hall–Kier alpha value is 0.938. The fraction of sp³-hybridized carbons (Fsp3) is 0.895. The molecule has 34 heavy (non-hydrogen) atoms. The van der Waals surface area contributed by atoms with E-state index in [1.807, 2.05) is 52.4 Å². The zero-order chi connectivity index (χ0) is 27.4. The molecule has 0 bridgehead atoms. The molecule has 0 fully saturated rings. The predicted molar refractivity (Wildman–Crippen MR) is 157 cm³/mol. The summed E-state index contributed by atoms with van der Waals surface area (Å²) in [7, 11) is -16.8. The van der Waals surface area contributed by atoms with Crippen LogP contribution in [0.25, 0.3) is 0 Å². The van der Waals surface area contributed by atoms with E-state index in [1.165, 1.54) is 0 Å². The number of rotatable bonds is 15. The summed E-state index contributed by atoms with van der Waals surface area (Å²) >= 11 is 0. The van der Waals surface area contributed by atoms with E-state index in [9.17, 15) is 10.2 Å². The van der Waals surface area contributed by atoms with Gasteiger partial charge in [-0.15, -0.1) is 0 Å². The van der Waals surface area contributed by atoms with Crippen LogP contribution in [0.15, 0.2) is 11.3 Å². The van der Waals surface area contributed by atoms with Gasteiger partial charge in [-0.05, 0) is 103 Å². The van der Waals surface area contributed by atoms with Gasteiger partial charge in [-0.3, -0.25) is 0 Å². The lowest BCUT2D eigenvalue weighted by molar-refractivity contribution is 0.271. The smallest absolute Gasteiger partial charge is 0.314 e. The minimum absolute atomic E-state index is 0.122. The standard InChI is InChI=1S/C19H52O8Si7/c1-28(2,3)22-30(6,7)24-32(10,11)26-34(14,15)27-33(12,13)25-31(8,9)23-29(4,5)19(18-21)16-17-20/h16,20-21H,17-18H2,1-15H3. The molecular weight excluding hydrogens is 553 g/mol. The molecule has 0 aliphatic rings. The first-order chi connectivity index (χ1) is 14.8. The van der Waals surface area contributed by atoms with Crippen molar-refractivity contribution in [2.45, 2.75) is 98.2 Å². The largest absolute Gasteiger partial charge is 0.437 e. The maximum Gasteiger partial charge on any atom is 0.314 e. The van der Waals surface area contributed by atoms with Gasteiger partial charge in [-0.25, -0.2) is 0 Å². The van der Waals surface area contributed by atoms with Gasteiger partial charge in [0.25, 0.3) is 0 Å². The minimum atomic E-state index is -2.62. The average molecular weight is 605 g/mol. The molecule has 0 spiro atoms. The fourth-order valence-corrected chi connectivity index (χ4v) is 38.5. The topological polar surface area (TPSA) is 95.8 Å². The molecule has 0 atom stereocenters. The van der Waals surface area contributed by atoms with Gasteiger partial charge < -0.3 is 34.9 Å². The third-order valence-electron chi connectivity index (χ3n) is 4.30. The molecule has 0 aliphatic carbocycles. The molecule has 8 nitrogen and oxygen atoms in total. The van der Waals surface area contributed by atoms with Gasteiger partial charge >= 0.3 is 42.8 Å². The second kappa shape index (κ2) is 12.2. The van der Waals surface area contributed by atoms with Crippen molar-refractivity contribution in [3.63, 3.8) is 0 Å². The van der Waals surface area contributed by atoms with Gasteiger partial charge in [-0.1, -0.05) is 6.08 Å². The summed E-state index contributed by atoms with van der Waals surface area (Å²) < 4.78 is 39.1. The summed E-state index contributed by atoms with van der Waals surface area (Å²) in [4.78, 5) is 0. The van der Waals surface area contributed by atoms with Crippen molar-refractivity contribution in [3.05, 3.63) is 11.3 Å². The van der Waals surface area contributed by atoms with E-state index in [0.29, 0.717) is 0 Å². The zero-order valence-corrected chi connectivity index (χ0v) is 31.3. The van der Waals surface area contributed by atoms with Crippen molar-refractivity contribution < 1.29 is 34.9 Å². The molecule has 15 heteroatoms. The van der Waals surface area contributed by atoms with Crippen LogP contribution in [0, 0.1) is 0 Å². The van der Waals surface area contributed by atoms with Gasteiger partial charge in [0.1, 0.15) is 0 Å². The molecule has 0 aromatic rings. The molecule has 0 aromatic heterocycles. The Balaban J connectivity index is 5.38. The highest BCUT2D eigenvalue weighted by molar-refractivity contribution is 6.92. The highest BCUT2D eigenvalue weighted by atomic mass is 28.5. The first kappa shape index (κ1) is 34.9. The van der Waals surface area contributed by atoms with E-state index in [1.54, 1.807) is 6.08 Å². The summed E-state index contributed by atoms with van der Waals surface area (Å²) in [6.07, 6.45) is 1.64. The molecule has 0 saturated carbocycles. The van der Waals surface area contributed by atoms with Crippen LogP contribution in [0.1, 0.15) is 0 Å². The number of aliphatic hydroxyl groups excluding tert-OH is 2. The van der Waals surface area contributed by atoms with Crippen LogP contribution < -0.4 is 0 Å². The molecule has 0 saturated heterocycles. The van der Waals surface area contributed by atoms with Crippen LogP contribution in [0.5, 0.6) is 0 Å². The van der Waals surface area contributed by atoms with E-state index in [-0.39, 0.29) is 13.2 Å². The molecule has 0 heterocycles. The Morgan fingerprint density at radius 2 is 0.794 bits per heavy atom. The van der Waals surface area contributed by atoms with E-state index in [2.05, 4.69) is 45.8 Å². The third kappa shape index (κ3) is 14.6. The predicted octanol–water partition coefficient (Wildman–Crippen LogP) is 5.09. The van der Waals surface area contributed by atoms with Crippen LogP contribution >= 0.6 is 0 Å². The Morgan fingerprint density at radius 1 is 0.500 bits per heavy atom. The second-order valence-electron chi connectivity index (χ2n) is 12.3. The molecule has 0 aromatic carbocycles. The normalized spacial score (nSPS) is 15.7. The summed E-state index contributed by atoms with van der Waals surface area (Å²) in [6, 6.07) is 0. The summed E-state index contributed by atoms with van der Waals surface area (Å²) in [5, 5.41) is 19.8. The molecule has 0 rings (SSSR count). The lowest BCUT2D eigenvalue weighted by atomic mass is 10.5. The minimum Gasteiger partial charge on any atom is -0.437 e. The molecule has 0 radical (unpaired) electrons. The number of hydrogen-bond acceptors (Lipinski definition) is 8. The van der Waals surface area contributed by atoms with Crippen LogP contribution in [0.3, 0.4) is 0 Å². The Kier molecular flexibility index (Phi) is 12.5. The molecule has 0 aliphatic heterocycles. The number of aliphatic hydroxyl groups is 2. The van der Waals surface area contributed by atoms with Crippen molar-refractivity contribution in [3.8, 4) is 0 Å². The highest BCUT2D eigenvalue weighted by Gasteiger charge is 2.48. The first-order valence-electron chi connectivity index (χ1n) is 11.9. The molecule has 2 N–H and O–H groups in total. The average Bonchev–Trinajstić information content (AvgIpc) is 2.42. The highest BCUT2D eigenvalue weighted by Crippen LogP contribution is 2.29. The van der Waals surface area contributed by atoms with Crippen LogP contribution in [-0.4, -0.2) is 82.9 Å². The lowest BCUT2D eigenvalue weighted by Crippen LogP contribution is -2.61. The quantitative estimate of drug-likeness (QED) is 0.250. The summed E-state index contributed by atoms with van der Waals surface area (Å²) in [5.41, 5.74) is 0. The first-order valence-corrected chi connectivity index (χ1v) is 32.3. The van der Waals surface area contributed by atoms with E-state index in [4.69, 9.17) is 24.7 Å². The molecule has 0 amide bonds. The maximum absolute atomic E-state index is 9.74. The van der Waals surface area contributed by atoms with Crippen molar-refractivity contribution in [2.24, 2.45) is 0 Å². The van der Waals surface area contributed by atoms with Gasteiger partial charge in [0.05, 0.1) is 13.2 Å². The monoisotopic (exact) mass is 604 g/mol. The van der Waals surface area contributed by atoms with Gasteiger partial charge in [0, 0.05) is 0 Å². The number of hydrogen-bond donors (Lipinski definition) is 2. The maximum atomic E-state index is 9.74. The summed E-state index contributed by atoms with van der Waals surface area (Å²) in [6.45, 7) is 30.7. The molecule has 204 valence electrons. The van der Waals surface area contributed by atoms with E-state index < -0.39 is 59.4 Å². The van der Waals surface area contributed by atoms with Gasteiger partial charge in [0.2, 0.25) is 8.32 Å². The third-order valence-corrected chi connectivity index (χ3v) is 30.4. The molecular formula is C19H52O8Si7. The van der Waals surface area contributed by atoms with E-state index in [0.717, 1.165) is 5.20 Å². The van der Waals surface area contributed by atoms with Crippen molar-refractivity contribution in [1.29, 1.82) is 0 Å². The lowest BCUT2D eigenvalue weighted by Gasteiger charge is -2.43. The van der Waals surface area contributed by atoms with Crippen LogP contribution in [0.4, 0.5) is 0 Å². The molecule has 0 unspecified atom stereocenters. The fourth-order valence-electron chi connectivity index (χ4n) is 4.50. The van der Waals surface area contributed by atoms with Crippen molar-refractivity contribution in [2.75, 3.05) is 13.2 Å². The summed E-state index contributed by atoms with van der Waals surface area (Å²) in [5.74, 6) is 0. The van der Waals surface area contributed by atoms with Crippen molar-refractivity contribution in [1.82, 2.24) is 0 Å². The Labute approximate surface area is 216 Å². The van der Waals surface area contributed by atoms with E-state index >= 15 is 0 Å². The van der Waals surface area contributed by atoms with Crippen LogP contribution in [0.2, 0.25) is 98.2 Å². The Bertz CT molecular complexity index is 689. The SMILES string of the molecule is C[Si](C)(C)O[Si](C)(C)O[Si](C)(C)O[Si](C)(C)O[Si](C)(C)O[Si](C)(C)O[Si](C)(C)C(=CCO)CO. The Morgan fingerprint density at radius 3 is 1.06 bits per heavy atom.